The highest BCUT2D eigenvalue weighted by Gasteiger charge is 2.50. The van der Waals surface area contributed by atoms with E-state index in [1.165, 1.54) is 44.9 Å². The lowest BCUT2D eigenvalue weighted by atomic mass is 9.67. The van der Waals surface area contributed by atoms with Gasteiger partial charge in [0, 0.05) is 25.6 Å². The van der Waals surface area contributed by atoms with E-state index in [1.54, 1.807) is 7.11 Å². The first kappa shape index (κ1) is 19.6. The Balaban J connectivity index is 1.37. The third-order valence-electron chi connectivity index (χ3n) is 7.45. The van der Waals surface area contributed by atoms with Gasteiger partial charge >= 0.3 is 0 Å². The lowest BCUT2D eigenvalue weighted by Gasteiger charge is -2.37. The summed E-state index contributed by atoms with van der Waals surface area (Å²) < 4.78 is 7.61. The van der Waals surface area contributed by atoms with Crippen LogP contribution in [0.2, 0.25) is 0 Å². The quantitative estimate of drug-likeness (QED) is 0.729. The summed E-state index contributed by atoms with van der Waals surface area (Å²) in [5.41, 5.74) is 1.17. The third kappa shape index (κ3) is 3.84. The Morgan fingerprint density at radius 1 is 1.23 bits per heavy atom. The van der Waals surface area contributed by atoms with Gasteiger partial charge in [-0.25, -0.2) is 0 Å². The van der Waals surface area contributed by atoms with Gasteiger partial charge in [0.25, 0.3) is 0 Å². The molecule has 1 aromatic heterocycles. The number of amides is 1. The van der Waals surface area contributed by atoms with Crippen LogP contribution in [0.4, 0.5) is 0 Å². The number of likely N-dealkylation sites (tertiary alicyclic amines) is 1. The molecule has 0 N–H and O–H groups in total. The van der Waals surface area contributed by atoms with Crippen LogP contribution in [-0.4, -0.2) is 45.8 Å². The number of aromatic nitrogens is 3. The molecule has 2 heterocycles. The number of hydrogen-bond donors (Lipinski definition) is 0. The van der Waals surface area contributed by atoms with Gasteiger partial charge in [0.2, 0.25) is 5.91 Å². The number of nitrogens with zero attached hydrogens (tertiary/aromatic N) is 4. The van der Waals surface area contributed by atoms with Gasteiger partial charge in [0.05, 0.1) is 13.5 Å². The normalized spacial score (nSPS) is 23.1. The lowest BCUT2D eigenvalue weighted by molar-refractivity contribution is -0.129. The molecular formula is C24H32N4O2. The number of ether oxygens (including phenoxy) is 1. The predicted octanol–water partition coefficient (Wildman–Crippen LogP) is 3.82. The first-order chi connectivity index (χ1) is 14.7. The Morgan fingerprint density at radius 2 is 2.07 bits per heavy atom. The SMILES string of the molecule is COc1cccc(CC(=O)N2CC(c3nncn3CC3CC3)C3(CCCCC3)C2)c1. The zero-order valence-corrected chi connectivity index (χ0v) is 17.9. The summed E-state index contributed by atoms with van der Waals surface area (Å²) >= 11 is 0. The van der Waals surface area contributed by atoms with Crippen molar-refractivity contribution in [2.45, 2.75) is 63.8 Å². The van der Waals surface area contributed by atoms with E-state index >= 15 is 0 Å². The molecule has 6 nitrogen and oxygen atoms in total. The molecule has 1 saturated heterocycles. The first-order valence-corrected chi connectivity index (χ1v) is 11.5. The summed E-state index contributed by atoms with van der Waals surface area (Å²) in [6, 6.07) is 7.85. The Labute approximate surface area is 178 Å². The molecule has 2 aromatic rings. The topological polar surface area (TPSA) is 60.2 Å². The molecule has 6 heteroatoms. The highest BCUT2D eigenvalue weighted by Crippen LogP contribution is 2.52. The molecule has 160 valence electrons. The number of benzene rings is 1. The standard InChI is InChI=1S/C24H32N4O2/c1-30-20-7-5-6-19(12-20)13-22(29)27-15-21(24(16-27)10-3-2-4-11-24)23-26-25-17-28(23)14-18-8-9-18/h5-7,12,17-18,21H,2-4,8-11,13-16H2,1H3. The van der Waals surface area contributed by atoms with Crippen molar-refractivity contribution in [3.63, 3.8) is 0 Å². The Morgan fingerprint density at radius 3 is 2.83 bits per heavy atom. The van der Waals surface area contributed by atoms with Gasteiger partial charge in [-0.1, -0.05) is 31.4 Å². The number of rotatable bonds is 6. The van der Waals surface area contributed by atoms with Crippen molar-refractivity contribution in [1.29, 1.82) is 0 Å². The van der Waals surface area contributed by atoms with Gasteiger partial charge in [-0.2, -0.15) is 0 Å². The molecule has 1 spiro atoms. The number of hydrogen-bond acceptors (Lipinski definition) is 4. The predicted molar refractivity (Wildman–Crippen MR) is 114 cm³/mol. The monoisotopic (exact) mass is 408 g/mol. The van der Waals surface area contributed by atoms with Crippen LogP contribution in [0.5, 0.6) is 5.75 Å². The maximum atomic E-state index is 13.3. The second-order valence-corrected chi connectivity index (χ2v) is 9.56. The lowest BCUT2D eigenvalue weighted by Crippen LogP contribution is -2.35. The van der Waals surface area contributed by atoms with Gasteiger partial charge in [-0.15, -0.1) is 10.2 Å². The van der Waals surface area contributed by atoms with Gasteiger partial charge in [-0.05, 0) is 54.7 Å². The van der Waals surface area contributed by atoms with Crippen LogP contribution in [0, 0.1) is 11.3 Å². The second kappa shape index (κ2) is 8.05. The van der Waals surface area contributed by atoms with Crippen molar-refractivity contribution >= 4 is 5.91 Å². The molecule has 1 amide bonds. The Hall–Kier alpha value is -2.37. The van der Waals surface area contributed by atoms with Crippen molar-refractivity contribution in [2.24, 2.45) is 11.3 Å². The van der Waals surface area contributed by atoms with Crippen molar-refractivity contribution in [2.75, 3.05) is 20.2 Å². The average molecular weight is 409 g/mol. The molecule has 1 aliphatic heterocycles. The highest BCUT2D eigenvalue weighted by atomic mass is 16.5. The first-order valence-electron chi connectivity index (χ1n) is 11.5. The van der Waals surface area contributed by atoms with Crippen molar-refractivity contribution in [3.8, 4) is 5.75 Å². The number of carbonyl (C=O) groups is 1. The molecule has 0 radical (unpaired) electrons. The zero-order valence-electron chi connectivity index (χ0n) is 17.9. The van der Waals surface area contributed by atoms with Gasteiger partial charge in [-0.3, -0.25) is 4.79 Å². The van der Waals surface area contributed by atoms with E-state index in [9.17, 15) is 4.79 Å². The fraction of sp³-hybridized carbons (Fsp3) is 0.625. The zero-order chi connectivity index (χ0) is 20.6. The molecule has 2 aliphatic carbocycles. The summed E-state index contributed by atoms with van der Waals surface area (Å²) in [5, 5.41) is 8.87. The van der Waals surface area contributed by atoms with Gasteiger partial charge in [0.15, 0.2) is 0 Å². The summed E-state index contributed by atoms with van der Waals surface area (Å²) in [6.07, 6.45) is 11.2. The smallest absolute Gasteiger partial charge is 0.227 e. The molecule has 3 aliphatic rings. The Bertz CT molecular complexity index is 898. The van der Waals surface area contributed by atoms with E-state index in [1.807, 2.05) is 30.6 Å². The molecular weight excluding hydrogens is 376 g/mol. The van der Waals surface area contributed by atoms with Crippen LogP contribution >= 0.6 is 0 Å². The number of carbonyl (C=O) groups excluding carboxylic acids is 1. The molecule has 5 rings (SSSR count). The largest absolute Gasteiger partial charge is 0.497 e. The third-order valence-corrected chi connectivity index (χ3v) is 7.45. The van der Waals surface area contributed by atoms with Crippen LogP contribution in [0.1, 0.15) is 62.3 Å². The fourth-order valence-corrected chi connectivity index (χ4v) is 5.60. The van der Waals surface area contributed by atoms with Gasteiger partial charge < -0.3 is 14.2 Å². The fourth-order valence-electron chi connectivity index (χ4n) is 5.60. The molecule has 3 fully saturated rings. The summed E-state index contributed by atoms with van der Waals surface area (Å²) in [6.45, 7) is 2.66. The Kier molecular flexibility index (Phi) is 5.25. The average Bonchev–Trinajstić information content (AvgIpc) is 3.35. The summed E-state index contributed by atoms with van der Waals surface area (Å²) in [4.78, 5) is 15.4. The minimum atomic E-state index is 0.163. The number of methoxy groups -OCH3 is 1. The van der Waals surface area contributed by atoms with Crippen molar-refractivity contribution < 1.29 is 9.53 Å². The summed E-state index contributed by atoms with van der Waals surface area (Å²) in [7, 11) is 1.66. The van der Waals surface area contributed by atoms with E-state index < -0.39 is 0 Å². The van der Waals surface area contributed by atoms with E-state index in [0.29, 0.717) is 12.3 Å². The molecule has 1 aromatic carbocycles. The van der Waals surface area contributed by atoms with E-state index in [0.717, 1.165) is 42.7 Å². The second-order valence-electron chi connectivity index (χ2n) is 9.56. The van der Waals surface area contributed by atoms with Crippen LogP contribution in [-0.2, 0) is 17.8 Å². The minimum absolute atomic E-state index is 0.163. The molecule has 0 bridgehead atoms. The summed E-state index contributed by atoms with van der Waals surface area (Å²) in [5.74, 6) is 3.21. The molecule has 1 unspecified atom stereocenters. The van der Waals surface area contributed by atoms with E-state index in [2.05, 4.69) is 19.7 Å². The van der Waals surface area contributed by atoms with Crippen LogP contribution in [0.15, 0.2) is 30.6 Å². The molecule has 1 atom stereocenters. The highest BCUT2D eigenvalue weighted by molar-refractivity contribution is 5.79. The van der Waals surface area contributed by atoms with Crippen molar-refractivity contribution in [3.05, 3.63) is 42.0 Å². The van der Waals surface area contributed by atoms with Crippen LogP contribution in [0.25, 0.3) is 0 Å². The maximum Gasteiger partial charge on any atom is 0.227 e. The van der Waals surface area contributed by atoms with E-state index in [-0.39, 0.29) is 11.3 Å². The molecule has 2 saturated carbocycles. The van der Waals surface area contributed by atoms with Crippen LogP contribution in [0.3, 0.4) is 0 Å². The van der Waals surface area contributed by atoms with E-state index in [4.69, 9.17) is 4.74 Å². The maximum absolute atomic E-state index is 13.3. The van der Waals surface area contributed by atoms with Gasteiger partial charge in [0.1, 0.15) is 17.9 Å². The van der Waals surface area contributed by atoms with Crippen molar-refractivity contribution in [1.82, 2.24) is 19.7 Å². The molecule has 30 heavy (non-hydrogen) atoms. The van der Waals surface area contributed by atoms with Crippen LogP contribution < -0.4 is 4.74 Å². The minimum Gasteiger partial charge on any atom is -0.497 e.